The first-order chi connectivity index (χ1) is 12.8. The van der Waals surface area contributed by atoms with Gasteiger partial charge in [-0.1, -0.05) is 5.16 Å². The summed E-state index contributed by atoms with van der Waals surface area (Å²) in [6.45, 7) is 2.48. The van der Waals surface area contributed by atoms with Crippen LogP contribution in [0, 0.1) is 0 Å². The van der Waals surface area contributed by atoms with E-state index in [1.54, 1.807) is 19.5 Å². The van der Waals surface area contributed by atoms with E-state index in [1.165, 1.54) is 0 Å². The Hall–Kier alpha value is -2.91. The Balaban J connectivity index is 1.49. The Kier molecular flexibility index (Phi) is 4.80. The van der Waals surface area contributed by atoms with Gasteiger partial charge in [-0.15, -0.1) is 0 Å². The maximum Gasteiger partial charge on any atom is 0.228 e. The lowest BCUT2D eigenvalue weighted by molar-refractivity contribution is 0.174. The predicted molar refractivity (Wildman–Crippen MR) is 93.0 cm³/mol. The fourth-order valence-electron chi connectivity index (χ4n) is 2.81. The molecule has 0 saturated heterocycles. The number of rotatable bonds is 7. The van der Waals surface area contributed by atoms with E-state index in [0.29, 0.717) is 37.1 Å². The first-order valence-electron chi connectivity index (χ1n) is 8.38. The molecule has 0 aliphatic carbocycles. The summed E-state index contributed by atoms with van der Waals surface area (Å²) in [6.07, 6.45) is 4.09. The Morgan fingerprint density at radius 3 is 2.92 bits per heavy atom. The van der Waals surface area contributed by atoms with E-state index in [-0.39, 0.29) is 0 Å². The van der Waals surface area contributed by atoms with Crippen LogP contribution in [0.15, 0.2) is 29.0 Å². The van der Waals surface area contributed by atoms with Gasteiger partial charge in [-0.25, -0.2) is 9.97 Å². The number of anilines is 1. The van der Waals surface area contributed by atoms with Crippen molar-refractivity contribution in [1.82, 2.24) is 30.4 Å². The third-order valence-electron chi connectivity index (χ3n) is 4.04. The summed E-state index contributed by atoms with van der Waals surface area (Å²) in [5.74, 6) is 2.65. The molecule has 0 spiro atoms. The molecule has 0 bridgehead atoms. The SMILES string of the molecule is COCc1noc(CCNc2nc(-c3ccncc3)nc3c2CNC3)n1. The zero-order valence-corrected chi connectivity index (χ0v) is 14.4. The topological polar surface area (TPSA) is 111 Å². The summed E-state index contributed by atoms with van der Waals surface area (Å²) in [4.78, 5) is 17.7. The zero-order chi connectivity index (χ0) is 17.8. The highest BCUT2D eigenvalue weighted by molar-refractivity contribution is 5.60. The third kappa shape index (κ3) is 3.53. The average molecular weight is 353 g/mol. The van der Waals surface area contributed by atoms with E-state index >= 15 is 0 Å². The molecule has 1 aliphatic rings. The largest absolute Gasteiger partial charge is 0.377 e. The van der Waals surface area contributed by atoms with Crippen molar-refractivity contribution in [2.75, 3.05) is 19.0 Å². The van der Waals surface area contributed by atoms with Gasteiger partial charge in [0, 0.05) is 56.7 Å². The molecule has 4 rings (SSSR count). The van der Waals surface area contributed by atoms with E-state index < -0.39 is 0 Å². The lowest BCUT2D eigenvalue weighted by Crippen LogP contribution is -2.11. The molecule has 0 saturated carbocycles. The second-order valence-electron chi connectivity index (χ2n) is 5.87. The quantitative estimate of drug-likeness (QED) is 0.649. The molecule has 0 fully saturated rings. The molecular weight excluding hydrogens is 334 g/mol. The Labute approximate surface area is 150 Å². The van der Waals surface area contributed by atoms with Gasteiger partial charge in [-0.2, -0.15) is 4.98 Å². The molecule has 0 radical (unpaired) electrons. The van der Waals surface area contributed by atoms with Crippen LogP contribution in [-0.2, 0) is 30.9 Å². The number of aromatic nitrogens is 5. The lowest BCUT2D eigenvalue weighted by atomic mass is 10.2. The summed E-state index contributed by atoms with van der Waals surface area (Å²) >= 11 is 0. The number of nitrogens with one attached hydrogen (secondary N) is 2. The van der Waals surface area contributed by atoms with Crippen molar-refractivity contribution in [1.29, 1.82) is 0 Å². The molecule has 0 atom stereocenters. The molecule has 3 aromatic heterocycles. The smallest absolute Gasteiger partial charge is 0.228 e. The summed E-state index contributed by atoms with van der Waals surface area (Å²) in [6, 6.07) is 3.81. The zero-order valence-electron chi connectivity index (χ0n) is 14.4. The van der Waals surface area contributed by atoms with E-state index in [0.717, 1.165) is 35.7 Å². The second-order valence-corrected chi connectivity index (χ2v) is 5.87. The first-order valence-corrected chi connectivity index (χ1v) is 8.38. The minimum Gasteiger partial charge on any atom is -0.377 e. The van der Waals surface area contributed by atoms with Gasteiger partial charge >= 0.3 is 0 Å². The summed E-state index contributed by atoms with van der Waals surface area (Å²) in [5, 5.41) is 10.6. The molecule has 4 heterocycles. The van der Waals surface area contributed by atoms with Crippen LogP contribution >= 0.6 is 0 Å². The molecule has 0 unspecified atom stereocenters. The fraction of sp³-hybridized carbons (Fsp3) is 0.353. The minimum absolute atomic E-state index is 0.345. The number of nitrogens with zero attached hydrogens (tertiary/aromatic N) is 5. The van der Waals surface area contributed by atoms with Gasteiger partial charge in [-0.3, -0.25) is 4.98 Å². The van der Waals surface area contributed by atoms with E-state index in [1.807, 2.05) is 12.1 Å². The van der Waals surface area contributed by atoms with Crippen molar-refractivity contribution in [3.63, 3.8) is 0 Å². The van der Waals surface area contributed by atoms with Gasteiger partial charge in [-0.05, 0) is 12.1 Å². The number of hydrogen-bond donors (Lipinski definition) is 2. The molecule has 1 aliphatic heterocycles. The predicted octanol–water partition coefficient (Wildman–Crippen LogP) is 1.33. The van der Waals surface area contributed by atoms with Crippen LogP contribution in [0.5, 0.6) is 0 Å². The highest BCUT2D eigenvalue weighted by atomic mass is 16.5. The summed E-state index contributed by atoms with van der Waals surface area (Å²) in [7, 11) is 1.60. The second kappa shape index (κ2) is 7.54. The van der Waals surface area contributed by atoms with E-state index in [9.17, 15) is 0 Å². The third-order valence-corrected chi connectivity index (χ3v) is 4.04. The normalized spacial score (nSPS) is 13.0. The monoisotopic (exact) mass is 353 g/mol. The van der Waals surface area contributed by atoms with Crippen LogP contribution in [0.3, 0.4) is 0 Å². The van der Waals surface area contributed by atoms with Crippen LogP contribution < -0.4 is 10.6 Å². The van der Waals surface area contributed by atoms with E-state index in [4.69, 9.17) is 14.2 Å². The van der Waals surface area contributed by atoms with E-state index in [2.05, 4.69) is 30.7 Å². The molecule has 9 heteroatoms. The van der Waals surface area contributed by atoms with Crippen LogP contribution in [-0.4, -0.2) is 38.7 Å². The molecule has 0 aromatic carbocycles. The molecule has 9 nitrogen and oxygen atoms in total. The Morgan fingerprint density at radius 2 is 2.08 bits per heavy atom. The van der Waals surface area contributed by atoms with Gasteiger partial charge in [0.25, 0.3) is 0 Å². The van der Waals surface area contributed by atoms with Crippen molar-refractivity contribution in [2.24, 2.45) is 0 Å². The van der Waals surface area contributed by atoms with Crippen molar-refractivity contribution < 1.29 is 9.26 Å². The van der Waals surface area contributed by atoms with Crippen molar-refractivity contribution in [2.45, 2.75) is 26.1 Å². The van der Waals surface area contributed by atoms with Crippen molar-refractivity contribution in [3.8, 4) is 11.4 Å². The van der Waals surface area contributed by atoms with Crippen molar-refractivity contribution >= 4 is 5.82 Å². The first kappa shape index (κ1) is 16.6. The summed E-state index contributed by atoms with van der Waals surface area (Å²) < 4.78 is 10.2. The minimum atomic E-state index is 0.345. The van der Waals surface area contributed by atoms with Gasteiger partial charge in [0.2, 0.25) is 5.89 Å². The van der Waals surface area contributed by atoms with Crippen molar-refractivity contribution in [3.05, 3.63) is 47.5 Å². The van der Waals surface area contributed by atoms with Crippen LogP contribution in [0.1, 0.15) is 23.0 Å². The van der Waals surface area contributed by atoms with Crippen LogP contribution in [0.2, 0.25) is 0 Å². The standard InChI is InChI=1S/C17H19N7O2/c1-25-10-14-22-15(26-24-14)4-7-20-17-12-8-19-9-13(12)21-16(23-17)11-2-5-18-6-3-11/h2-3,5-6,19H,4,7-10H2,1H3,(H,20,21,23). The Bertz CT molecular complexity index is 882. The lowest BCUT2D eigenvalue weighted by Gasteiger charge is -2.11. The maximum absolute atomic E-state index is 5.21. The number of methoxy groups -OCH3 is 1. The fourth-order valence-corrected chi connectivity index (χ4v) is 2.81. The molecule has 0 amide bonds. The molecule has 2 N–H and O–H groups in total. The van der Waals surface area contributed by atoms with Gasteiger partial charge in [0.15, 0.2) is 11.6 Å². The number of ether oxygens (including phenoxy) is 1. The number of pyridine rings is 1. The Morgan fingerprint density at radius 1 is 1.19 bits per heavy atom. The number of fused-ring (bicyclic) bond motifs is 1. The highest BCUT2D eigenvalue weighted by Crippen LogP contribution is 2.25. The molecular formula is C17H19N7O2. The maximum atomic E-state index is 5.21. The average Bonchev–Trinajstić information content (AvgIpc) is 3.32. The van der Waals surface area contributed by atoms with Gasteiger partial charge < -0.3 is 19.9 Å². The molecule has 26 heavy (non-hydrogen) atoms. The molecule has 3 aromatic rings. The highest BCUT2D eigenvalue weighted by Gasteiger charge is 2.19. The number of hydrogen-bond acceptors (Lipinski definition) is 9. The summed E-state index contributed by atoms with van der Waals surface area (Å²) in [5.41, 5.74) is 3.07. The van der Waals surface area contributed by atoms with Crippen LogP contribution in [0.25, 0.3) is 11.4 Å². The van der Waals surface area contributed by atoms with Gasteiger partial charge in [0.05, 0.1) is 5.69 Å². The molecule has 134 valence electrons. The van der Waals surface area contributed by atoms with Gasteiger partial charge in [0.1, 0.15) is 12.4 Å². The van der Waals surface area contributed by atoms with Crippen LogP contribution in [0.4, 0.5) is 5.82 Å².